The van der Waals surface area contributed by atoms with E-state index in [-0.39, 0.29) is 0 Å². The molecule has 4 nitrogen and oxygen atoms in total. The standard InChI is InChI=1S/C59H46N4/c1-5-32-63-59(60-4)43-26-24-42(25-27-43)51-16-6-7-17-52(51)46-37-47(53-18-8-10-20-55(53)49-30-28-44(35-40(49)2)57-22-12-14-33-61-57)39-48(38-46)54-19-9-11-21-56(54)50-31-29-45(36-41(50)3)58-23-13-15-34-62-58/h5-39H,4H2,1-3H3/b32-5-,63-59?. The number of pyridine rings is 2. The molecule has 0 saturated carbocycles. The van der Waals surface area contributed by atoms with Crippen molar-refractivity contribution in [2.45, 2.75) is 20.8 Å². The number of benzene rings is 7. The first kappa shape index (κ1) is 40.3. The van der Waals surface area contributed by atoms with E-state index in [1.54, 1.807) is 6.20 Å². The summed E-state index contributed by atoms with van der Waals surface area (Å²) >= 11 is 0. The predicted octanol–water partition coefficient (Wildman–Crippen LogP) is 15.4. The minimum atomic E-state index is 0.589. The molecule has 0 aliphatic carbocycles. The van der Waals surface area contributed by atoms with Gasteiger partial charge in [-0.1, -0.05) is 140 Å². The van der Waals surface area contributed by atoms with Gasteiger partial charge in [0.2, 0.25) is 0 Å². The van der Waals surface area contributed by atoms with Gasteiger partial charge in [-0.15, -0.1) is 0 Å². The van der Waals surface area contributed by atoms with Gasteiger partial charge in [-0.05, 0) is 160 Å². The molecule has 0 unspecified atom stereocenters. The topological polar surface area (TPSA) is 50.5 Å². The van der Waals surface area contributed by atoms with E-state index in [2.05, 4.69) is 204 Å². The molecule has 9 aromatic rings. The van der Waals surface area contributed by atoms with Crippen molar-refractivity contribution < 1.29 is 0 Å². The number of aryl methyl sites for hydroxylation is 2. The van der Waals surface area contributed by atoms with Crippen LogP contribution in [0.1, 0.15) is 23.6 Å². The molecule has 0 aliphatic rings. The number of hydrogen-bond donors (Lipinski definition) is 0. The summed E-state index contributed by atoms with van der Waals surface area (Å²) in [7, 11) is 0. The summed E-state index contributed by atoms with van der Waals surface area (Å²) in [6.45, 7) is 10.1. The van der Waals surface area contributed by atoms with Gasteiger partial charge in [-0.25, -0.2) is 9.98 Å². The van der Waals surface area contributed by atoms with Gasteiger partial charge in [-0.2, -0.15) is 0 Å². The third-order valence-electron chi connectivity index (χ3n) is 11.6. The van der Waals surface area contributed by atoms with Gasteiger partial charge in [0.15, 0.2) is 5.84 Å². The lowest BCUT2D eigenvalue weighted by atomic mass is 9.85. The molecule has 2 aromatic heterocycles. The normalized spacial score (nSPS) is 11.5. The Morgan fingerprint density at radius 1 is 0.413 bits per heavy atom. The minimum absolute atomic E-state index is 0.589. The van der Waals surface area contributed by atoms with E-state index in [0.29, 0.717) is 5.84 Å². The summed E-state index contributed by atoms with van der Waals surface area (Å²) in [5.41, 5.74) is 21.2. The zero-order valence-corrected chi connectivity index (χ0v) is 35.7. The van der Waals surface area contributed by atoms with Gasteiger partial charge >= 0.3 is 0 Å². The number of allylic oxidation sites excluding steroid dienone is 1. The number of amidine groups is 1. The smallest absolute Gasteiger partial charge is 0.158 e. The largest absolute Gasteiger partial charge is 0.256 e. The summed E-state index contributed by atoms with van der Waals surface area (Å²) < 4.78 is 0. The van der Waals surface area contributed by atoms with Crippen LogP contribution in [0, 0.1) is 13.8 Å². The third kappa shape index (κ3) is 8.48. The number of aromatic nitrogens is 2. The molecule has 9 rings (SSSR count). The summed E-state index contributed by atoms with van der Waals surface area (Å²) in [4.78, 5) is 17.9. The van der Waals surface area contributed by atoms with E-state index in [1.807, 2.05) is 49.7 Å². The highest BCUT2D eigenvalue weighted by atomic mass is 14.9. The fraction of sp³-hybridized carbons (Fsp3) is 0.0508. The first-order valence-electron chi connectivity index (χ1n) is 21.2. The Hall–Kier alpha value is -8.08. The second-order valence-electron chi connectivity index (χ2n) is 15.6. The summed E-state index contributed by atoms with van der Waals surface area (Å²) in [5, 5.41) is 0. The molecule has 4 heteroatoms. The van der Waals surface area contributed by atoms with Crippen molar-refractivity contribution in [2.75, 3.05) is 0 Å². The van der Waals surface area contributed by atoms with Gasteiger partial charge in [0.1, 0.15) is 0 Å². The van der Waals surface area contributed by atoms with Crippen LogP contribution in [0.15, 0.2) is 223 Å². The molecule has 302 valence electrons. The summed E-state index contributed by atoms with van der Waals surface area (Å²) in [6, 6.07) is 67.2. The van der Waals surface area contributed by atoms with Crippen LogP contribution in [0.3, 0.4) is 0 Å². The van der Waals surface area contributed by atoms with Crippen molar-refractivity contribution in [3.63, 3.8) is 0 Å². The zero-order chi connectivity index (χ0) is 43.1. The Balaban J connectivity index is 1.22. The van der Waals surface area contributed by atoms with E-state index in [9.17, 15) is 0 Å². The molecule has 0 amide bonds. The summed E-state index contributed by atoms with van der Waals surface area (Å²) in [5.74, 6) is 0.589. The fourth-order valence-electron chi connectivity index (χ4n) is 8.49. The highest BCUT2D eigenvalue weighted by molar-refractivity contribution is 6.02. The number of aliphatic imine (C=N–C) groups is 2. The maximum absolute atomic E-state index is 4.63. The van der Waals surface area contributed by atoms with Crippen LogP contribution in [0.4, 0.5) is 0 Å². The van der Waals surface area contributed by atoms with Gasteiger partial charge < -0.3 is 0 Å². The van der Waals surface area contributed by atoms with Crippen LogP contribution >= 0.6 is 0 Å². The fourth-order valence-corrected chi connectivity index (χ4v) is 8.49. The molecule has 0 N–H and O–H groups in total. The Bertz CT molecular complexity index is 2990. The van der Waals surface area contributed by atoms with E-state index in [0.717, 1.165) is 72.6 Å². The second kappa shape index (κ2) is 18.3. The van der Waals surface area contributed by atoms with Crippen LogP contribution in [0.2, 0.25) is 0 Å². The molecular weight excluding hydrogens is 765 g/mol. The monoisotopic (exact) mass is 810 g/mol. The average Bonchev–Trinajstić information content (AvgIpc) is 3.35. The van der Waals surface area contributed by atoms with Gasteiger partial charge in [-0.3, -0.25) is 9.97 Å². The molecule has 0 saturated heterocycles. The van der Waals surface area contributed by atoms with Crippen molar-refractivity contribution in [3.05, 3.63) is 229 Å². The molecule has 0 fully saturated rings. The Morgan fingerprint density at radius 3 is 1.21 bits per heavy atom. The van der Waals surface area contributed by atoms with Crippen LogP contribution in [0.25, 0.3) is 89.3 Å². The van der Waals surface area contributed by atoms with Crippen LogP contribution in [-0.2, 0) is 0 Å². The SMILES string of the molecule is C=NC(=N/C=C\C)c1ccc(-c2ccccc2-c2cc(-c3ccccc3-c3ccc(-c4ccccn4)cc3C)cc(-c3ccccc3-c3ccc(-c4ccccn4)cc3C)c2)cc1. The van der Waals surface area contributed by atoms with Gasteiger partial charge in [0.05, 0.1) is 11.4 Å². The highest BCUT2D eigenvalue weighted by Gasteiger charge is 2.18. The van der Waals surface area contributed by atoms with Crippen LogP contribution in [0.5, 0.6) is 0 Å². The molecule has 0 radical (unpaired) electrons. The van der Waals surface area contributed by atoms with E-state index < -0.39 is 0 Å². The van der Waals surface area contributed by atoms with E-state index in [4.69, 9.17) is 0 Å². The number of rotatable bonds is 10. The van der Waals surface area contributed by atoms with Gasteiger partial charge in [0, 0.05) is 35.3 Å². The lowest BCUT2D eigenvalue weighted by Gasteiger charge is -2.19. The third-order valence-corrected chi connectivity index (χ3v) is 11.6. The Morgan fingerprint density at radius 2 is 0.810 bits per heavy atom. The Kier molecular flexibility index (Phi) is 11.7. The van der Waals surface area contributed by atoms with Crippen molar-refractivity contribution in [2.24, 2.45) is 9.98 Å². The van der Waals surface area contributed by atoms with Crippen LogP contribution < -0.4 is 0 Å². The molecular formula is C59H46N4. The maximum Gasteiger partial charge on any atom is 0.158 e. The predicted molar refractivity (Wildman–Crippen MR) is 266 cm³/mol. The molecule has 2 heterocycles. The quantitative estimate of drug-likeness (QED) is 0.102. The zero-order valence-electron chi connectivity index (χ0n) is 35.7. The van der Waals surface area contributed by atoms with Crippen molar-refractivity contribution in [1.29, 1.82) is 0 Å². The number of nitrogens with zero attached hydrogens (tertiary/aromatic N) is 4. The minimum Gasteiger partial charge on any atom is -0.256 e. The van der Waals surface area contributed by atoms with Gasteiger partial charge in [0.25, 0.3) is 0 Å². The van der Waals surface area contributed by atoms with E-state index in [1.165, 1.54) is 33.4 Å². The maximum atomic E-state index is 4.63. The summed E-state index contributed by atoms with van der Waals surface area (Å²) in [6.07, 6.45) is 7.32. The highest BCUT2D eigenvalue weighted by Crippen LogP contribution is 2.43. The lowest BCUT2D eigenvalue weighted by molar-refractivity contribution is 1.32. The number of hydrogen-bond acceptors (Lipinski definition) is 3. The van der Waals surface area contributed by atoms with Crippen molar-refractivity contribution in [1.82, 2.24) is 9.97 Å². The molecule has 0 atom stereocenters. The second-order valence-corrected chi connectivity index (χ2v) is 15.6. The molecule has 0 spiro atoms. The molecule has 63 heavy (non-hydrogen) atoms. The van der Waals surface area contributed by atoms with Crippen molar-refractivity contribution in [3.8, 4) is 89.3 Å². The van der Waals surface area contributed by atoms with Crippen LogP contribution in [-0.4, -0.2) is 22.5 Å². The molecule has 7 aromatic carbocycles. The van der Waals surface area contributed by atoms with E-state index >= 15 is 0 Å². The average molecular weight is 811 g/mol. The lowest BCUT2D eigenvalue weighted by Crippen LogP contribution is -1.96. The molecule has 0 bridgehead atoms. The first-order chi connectivity index (χ1) is 31.0. The van der Waals surface area contributed by atoms with Crippen molar-refractivity contribution >= 4 is 12.6 Å². The molecule has 0 aliphatic heterocycles. The Labute approximate surface area is 370 Å². The first-order valence-corrected chi connectivity index (χ1v) is 21.2.